The van der Waals surface area contributed by atoms with Gasteiger partial charge in [0.2, 0.25) is 0 Å². The summed E-state index contributed by atoms with van der Waals surface area (Å²) in [6.45, 7) is 14.8. The van der Waals surface area contributed by atoms with Crippen LogP contribution in [0.3, 0.4) is 0 Å². The van der Waals surface area contributed by atoms with E-state index in [-0.39, 0.29) is 32.8 Å². The van der Waals surface area contributed by atoms with Crippen molar-refractivity contribution in [3.8, 4) is 0 Å². The summed E-state index contributed by atoms with van der Waals surface area (Å²) in [6.07, 6.45) is 2.05. The number of ether oxygens (including phenoxy) is 3. The number of likely N-dealkylation sites (N-methyl/N-ethyl adjacent to an activating group) is 1. The predicted molar refractivity (Wildman–Crippen MR) is 138 cm³/mol. The molecular formula is C25H53N3O6. The van der Waals surface area contributed by atoms with Gasteiger partial charge in [0.25, 0.3) is 0 Å². The molecule has 0 unspecified atom stereocenters. The molecule has 0 aliphatic heterocycles. The zero-order valence-electron chi connectivity index (χ0n) is 20.9. The lowest BCUT2D eigenvalue weighted by Crippen LogP contribution is -2.41. The lowest BCUT2D eigenvalue weighted by atomic mass is 10.3. The molecule has 0 saturated heterocycles. The van der Waals surface area contributed by atoms with E-state index in [0.29, 0.717) is 58.7 Å². The average Bonchev–Trinajstić information content (AvgIpc) is 2.75. The largest absolute Gasteiger partial charge is 0.466 e. The smallest absolute Gasteiger partial charge is 0.307 e. The van der Waals surface area contributed by atoms with Crippen molar-refractivity contribution in [2.45, 2.75) is 68.2 Å². The Kier molecular flexibility index (Phi) is 26.5. The summed E-state index contributed by atoms with van der Waals surface area (Å²) < 4.78 is 15.1. The molecule has 0 aliphatic rings. The highest BCUT2D eigenvalue weighted by atomic mass is 16.5. The summed E-state index contributed by atoms with van der Waals surface area (Å²) >= 11 is 0. The molecule has 0 aromatic carbocycles. The minimum Gasteiger partial charge on any atom is -0.466 e. The Morgan fingerprint density at radius 2 is 0.882 bits per heavy atom. The van der Waals surface area contributed by atoms with Crippen LogP contribution in [0.5, 0.6) is 0 Å². The number of carbonyl (C=O) groups excluding carboxylic acids is 3. The zero-order valence-corrected chi connectivity index (χ0v) is 20.9. The summed E-state index contributed by atoms with van der Waals surface area (Å²) in [4.78, 5) is 41.7. The molecule has 204 valence electrons. The third kappa shape index (κ3) is 20.9. The molecule has 0 aliphatic carbocycles. The van der Waals surface area contributed by atoms with Crippen LogP contribution in [0.15, 0.2) is 0 Å². The Bertz CT molecular complexity index is 497. The Morgan fingerprint density at radius 3 is 1.26 bits per heavy atom. The van der Waals surface area contributed by atoms with E-state index in [2.05, 4.69) is 21.6 Å². The number of rotatable bonds is 20. The molecule has 0 rings (SSSR count). The fraction of sp³-hybridized carbons (Fsp3) is 0.880. The number of nitrogens with zero attached hydrogens (tertiary/aromatic N) is 3. The molecule has 0 saturated carbocycles. The minimum atomic E-state index is -0.220. The Labute approximate surface area is 209 Å². The van der Waals surface area contributed by atoms with Crippen molar-refractivity contribution in [1.82, 2.24) is 14.7 Å². The summed E-state index contributed by atoms with van der Waals surface area (Å²) in [5.41, 5.74) is 0. The monoisotopic (exact) mass is 491 g/mol. The fourth-order valence-electron chi connectivity index (χ4n) is 3.17. The van der Waals surface area contributed by atoms with Crippen LogP contribution in [0.25, 0.3) is 0 Å². The van der Waals surface area contributed by atoms with Crippen LogP contribution in [0.2, 0.25) is 0 Å². The van der Waals surface area contributed by atoms with Crippen LogP contribution in [0.1, 0.15) is 68.2 Å². The maximum absolute atomic E-state index is 11.8. The highest BCUT2D eigenvalue weighted by Gasteiger charge is 2.14. The molecule has 0 atom stereocenters. The summed E-state index contributed by atoms with van der Waals surface area (Å²) in [5, 5.41) is 0. The van der Waals surface area contributed by atoms with Crippen LogP contribution in [-0.4, -0.2) is 112 Å². The van der Waals surface area contributed by atoms with E-state index < -0.39 is 0 Å². The second-order valence-electron chi connectivity index (χ2n) is 7.65. The molecule has 9 nitrogen and oxygen atoms in total. The second kappa shape index (κ2) is 24.4. The molecule has 0 bridgehead atoms. The van der Waals surface area contributed by atoms with E-state index in [4.69, 9.17) is 14.2 Å². The van der Waals surface area contributed by atoms with Gasteiger partial charge in [-0.1, -0.05) is 21.8 Å². The quantitative estimate of drug-likeness (QED) is 0.188. The van der Waals surface area contributed by atoms with Gasteiger partial charge in [-0.2, -0.15) is 0 Å². The van der Waals surface area contributed by atoms with Crippen molar-refractivity contribution in [1.29, 1.82) is 0 Å². The Hall–Kier alpha value is -1.71. The SMILES string of the molecule is C.C.CCCN(CCN(C)CCC(=O)OCC)CCN(CCC(=O)OCC)CCC(=O)OCC. The van der Waals surface area contributed by atoms with Gasteiger partial charge >= 0.3 is 17.9 Å². The molecule has 0 amide bonds. The van der Waals surface area contributed by atoms with Gasteiger partial charge < -0.3 is 28.9 Å². The lowest BCUT2D eigenvalue weighted by Gasteiger charge is -2.28. The zero-order chi connectivity index (χ0) is 24.2. The number of hydrogen-bond donors (Lipinski definition) is 0. The highest BCUT2D eigenvalue weighted by Crippen LogP contribution is 2.01. The molecule has 0 radical (unpaired) electrons. The van der Waals surface area contributed by atoms with Crippen LogP contribution in [-0.2, 0) is 28.6 Å². The maximum atomic E-state index is 11.8. The number of carbonyl (C=O) groups is 3. The van der Waals surface area contributed by atoms with E-state index in [1.165, 1.54) is 0 Å². The number of hydrogen-bond acceptors (Lipinski definition) is 9. The predicted octanol–water partition coefficient (Wildman–Crippen LogP) is 3.06. The van der Waals surface area contributed by atoms with Crippen LogP contribution in [0.4, 0.5) is 0 Å². The van der Waals surface area contributed by atoms with Crippen LogP contribution >= 0.6 is 0 Å². The molecular weight excluding hydrogens is 438 g/mol. The summed E-state index contributed by atoms with van der Waals surface area (Å²) in [7, 11) is 2.01. The van der Waals surface area contributed by atoms with Gasteiger partial charge in [-0.25, -0.2) is 0 Å². The highest BCUT2D eigenvalue weighted by molar-refractivity contribution is 5.70. The molecule has 0 aromatic rings. The van der Waals surface area contributed by atoms with Crippen molar-refractivity contribution >= 4 is 17.9 Å². The first-order valence-electron chi connectivity index (χ1n) is 12.0. The van der Waals surface area contributed by atoms with E-state index in [9.17, 15) is 14.4 Å². The lowest BCUT2D eigenvalue weighted by molar-refractivity contribution is -0.144. The summed E-state index contributed by atoms with van der Waals surface area (Å²) in [6, 6.07) is 0. The minimum absolute atomic E-state index is 0. The van der Waals surface area contributed by atoms with Gasteiger partial charge in [0.15, 0.2) is 0 Å². The Morgan fingerprint density at radius 1 is 0.529 bits per heavy atom. The molecule has 0 heterocycles. The van der Waals surface area contributed by atoms with Gasteiger partial charge in [-0.15, -0.1) is 0 Å². The first-order chi connectivity index (χ1) is 15.4. The molecule has 9 heteroatoms. The van der Waals surface area contributed by atoms with Crippen LogP contribution in [0, 0.1) is 0 Å². The van der Waals surface area contributed by atoms with E-state index in [0.717, 1.165) is 39.1 Å². The van der Waals surface area contributed by atoms with E-state index in [1.807, 2.05) is 14.0 Å². The fourth-order valence-corrected chi connectivity index (χ4v) is 3.17. The molecule has 0 aromatic heterocycles. The second-order valence-corrected chi connectivity index (χ2v) is 7.65. The first kappa shape index (κ1) is 36.9. The molecule has 0 N–H and O–H groups in total. The van der Waals surface area contributed by atoms with Crippen molar-refractivity contribution in [3.63, 3.8) is 0 Å². The molecule has 0 spiro atoms. The van der Waals surface area contributed by atoms with Crippen molar-refractivity contribution in [2.24, 2.45) is 0 Å². The maximum Gasteiger partial charge on any atom is 0.307 e. The molecule has 0 fully saturated rings. The number of esters is 3. The third-order valence-corrected chi connectivity index (χ3v) is 4.95. The van der Waals surface area contributed by atoms with Crippen molar-refractivity contribution in [2.75, 3.05) is 79.2 Å². The Balaban J connectivity index is -0.00000480. The van der Waals surface area contributed by atoms with Gasteiger partial charge in [0, 0.05) is 45.8 Å². The van der Waals surface area contributed by atoms with Gasteiger partial charge in [0.1, 0.15) is 0 Å². The van der Waals surface area contributed by atoms with Crippen LogP contribution < -0.4 is 0 Å². The topological polar surface area (TPSA) is 88.6 Å². The average molecular weight is 492 g/mol. The molecule has 34 heavy (non-hydrogen) atoms. The van der Waals surface area contributed by atoms with E-state index >= 15 is 0 Å². The van der Waals surface area contributed by atoms with Gasteiger partial charge in [-0.3, -0.25) is 14.4 Å². The standard InChI is InChI=1S/C23H45N3O6.2CH4/c1-6-13-25(18-17-24(5)14-10-21(27)30-7-2)19-20-26(15-11-22(28)31-8-3)16-12-23(29)32-9-4;;/h6-20H2,1-5H3;2*1H4. The first-order valence-corrected chi connectivity index (χ1v) is 12.0. The third-order valence-electron chi connectivity index (χ3n) is 4.95. The van der Waals surface area contributed by atoms with Crippen molar-refractivity contribution in [3.05, 3.63) is 0 Å². The summed E-state index contributed by atoms with van der Waals surface area (Å²) in [5.74, 6) is -0.604. The van der Waals surface area contributed by atoms with Crippen molar-refractivity contribution < 1.29 is 28.6 Å². The normalized spacial score (nSPS) is 10.6. The van der Waals surface area contributed by atoms with Gasteiger partial charge in [0.05, 0.1) is 39.1 Å². The van der Waals surface area contributed by atoms with E-state index in [1.54, 1.807) is 13.8 Å². The van der Waals surface area contributed by atoms with Gasteiger partial charge in [-0.05, 0) is 40.8 Å².